The number of carbonyl (C=O) groups excluding carboxylic acids is 1. The summed E-state index contributed by atoms with van der Waals surface area (Å²) in [4.78, 5) is 11.8. The van der Waals surface area contributed by atoms with Gasteiger partial charge in [-0.2, -0.15) is 0 Å². The van der Waals surface area contributed by atoms with Gasteiger partial charge in [0.25, 0.3) is 0 Å². The summed E-state index contributed by atoms with van der Waals surface area (Å²) in [5.74, 6) is -0.279. The number of hydrogen-bond acceptors (Lipinski definition) is 3. The third kappa shape index (κ3) is 1.51. The zero-order valence-electron chi connectivity index (χ0n) is 9.27. The van der Waals surface area contributed by atoms with Gasteiger partial charge < -0.3 is 4.74 Å². The normalized spacial score (nSPS) is 10.9. The number of rotatable bonds is 1. The van der Waals surface area contributed by atoms with Crippen molar-refractivity contribution in [2.45, 2.75) is 0 Å². The predicted molar refractivity (Wildman–Crippen MR) is 70.7 cm³/mol. The summed E-state index contributed by atoms with van der Waals surface area (Å²) >= 11 is 1.65. The van der Waals surface area contributed by atoms with E-state index in [0.29, 0.717) is 5.56 Å². The second-order valence-corrected chi connectivity index (χ2v) is 4.72. The Bertz CT molecular complexity index is 712. The van der Waals surface area contributed by atoms with Crippen LogP contribution in [-0.4, -0.2) is 13.1 Å². The molecular formula is C14H10O2S. The largest absolute Gasteiger partial charge is 0.465 e. The molecule has 0 amide bonds. The van der Waals surface area contributed by atoms with Crippen molar-refractivity contribution in [1.82, 2.24) is 0 Å². The van der Waals surface area contributed by atoms with Gasteiger partial charge in [0.1, 0.15) is 0 Å². The molecular weight excluding hydrogens is 232 g/mol. The van der Waals surface area contributed by atoms with Crippen LogP contribution in [0.4, 0.5) is 0 Å². The first kappa shape index (κ1) is 10.3. The molecule has 2 nitrogen and oxygen atoms in total. The minimum atomic E-state index is -0.279. The lowest BCUT2D eigenvalue weighted by atomic mass is 10.0. The van der Waals surface area contributed by atoms with Gasteiger partial charge in [-0.1, -0.05) is 24.3 Å². The molecule has 0 atom stereocenters. The second kappa shape index (κ2) is 3.86. The molecule has 0 fully saturated rings. The number of methoxy groups -OCH3 is 1. The van der Waals surface area contributed by atoms with Gasteiger partial charge >= 0.3 is 5.97 Å². The topological polar surface area (TPSA) is 26.3 Å². The van der Waals surface area contributed by atoms with Crippen molar-refractivity contribution in [3.05, 3.63) is 47.3 Å². The van der Waals surface area contributed by atoms with Crippen LogP contribution >= 0.6 is 11.3 Å². The summed E-state index contributed by atoms with van der Waals surface area (Å²) in [5, 5.41) is 5.23. The number of esters is 1. The maximum atomic E-state index is 11.8. The number of ether oxygens (including phenoxy) is 1. The van der Waals surface area contributed by atoms with Crippen molar-refractivity contribution in [2.75, 3.05) is 7.11 Å². The van der Waals surface area contributed by atoms with Crippen molar-refractivity contribution in [2.24, 2.45) is 0 Å². The molecule has 0 radical (unpaired) electrons. The molecule has 0 aliphatic rings. The van der Waals surface area contributed by atoms with E-state index in [4.69, 9.17) is 4.74 Å². The van der Waals surface area contributed by atoms with Gasteiger partial charge in [-0.25, -0.2) is 4.79 Å². The number of carbonyl (C=O) groups is 1. The zero-order chi connectivity index (χ0) is 11.8. The van der Waals surface area contributed by atoms with Crippen LogP contribution in [0, 0.1) is 0 Å². The SMILES string of the molecule is COC(=O)c1cc2ccccc2c2sccc12. The Kier molecular flexibility index (Phi) is 2.34. The minimum absolute atomic E-state index is 0.279. The van der Waals surface area contributed by atoms with E-state index in [0.717, 1.165) is 15.5 Å². The molecule has 0 N–H and O–H groups in total. The highest BCUT2D eigenvalue weighted by Crippen LogP contribution is 2.32. The van der Waals surface area contributed by atoms with Crippen molar-refractivity contribution < 1.29 is 9.53 Å². The third-order valence-corrected chi connectivity index (χ3v) is 3.81. The molecule has 0 bridgehead atoms. The third-order valence-electron chi connectivity index (χ3n) is 2.87. The Balaban J connectivity index is 2.48. The van der Waals surface area contributed by atoms with Gasteiger partial charge in [0, 0.05) is 10.1 Å². The van der Waals surface area contributed by atoms with Gasteiger partial charge in [-0.3, -0.25) is 0 Å². The van der Waals surface area contributed by atoms with Gasteiger partial charge in [0.2, 0.25) is 0 Å². The summed E-state index contributed by atoms with van der Waals surface area (Å²) in [6.07, 6.45) is 0. The Morgan fingerprint density at radius 3 is 2.82 bits per heavy atom. The van der Waals surface area contributed by atoms with Crippen molar-refractivity contribution >= 4 is 38.2 Å². The lowest BCUT2D eigenvalue weighted by Gasteiger charge is -2.05. The smallest absolute Gasteiger partial charge is 0.338 e. The highest BCUT2D eigenvalue weighted by molar-refractivity contribution is 7.18. The Labute approximate surface area is 102 Å². The molecule has 1 heterocycles. The second-order valence-electron chi connectivity index (χ2n) is 3.80. The zero-order valence-corrected chi connectivity index (χ0v) is 10.1. The number of hydrogen-bond donors (Lipinski definition) is 0. The predicted octanol–water partition coefficient (Wildman–Crippen LogP) is 3.84. The minimum Gasteiger partial charge on any atom is -0.465 e. The standard InChI is InChI=1S/C14H10O2S/c1-16-14(15)12-8-9-4-2-3-5-10(9)13-11(12)6-7-17-13/h2-8H,1H3. The molecule has 0 spiro atoms. The molecule has 84 valence electrons. The monoisotopic (exact) mass is 242 g/mol. The fourth-order valence-electron chi connectivity index (χ4n) is 2.07. The van der Waals surface area contributed by atoms with Crippen molar-refractivity contribution in [1.29, 1.82) is 0 Å². The molecule has 0 saturated heterocycles. The molecule has 2 aromatic carbocycles. The summed E-state index contributed by atoms with van der Waals surface area (Å²) in [7, 11) is 1.41. The van der Waals surface area contributed by atoms with Gasteiger partial charge in [-0.15, -0.1) is 11.3 Å². The molecule has 3 heteroatoms. The summed E-state index contributed by atoms with van der Waals surface area (Å²) in [6.45, 7) is 0. The molecule has 0 aliphatic heterocycles. The van der Waals surface area contributed by atoms with Crippen LogP contribution in [0.15, 0.2) is 41.8 Å². The average Bonchev–Trinajstić information content (AvgIpc) is 2.86. The summed E-state index contributed by atoms with van der Waals surface area (Å²) in [5.41, 5.74) is 0.641. The highest BCUT2D eigenvalue weighted by Gasteiger charge is 2.13. The number of thiophene rings is 1. The van der Waals surface area contributed by atoms with Crippen LogP contribution < -0.4 is 0 Å². The summed E-state index contributed by atoms with van der Waals surface area (Å²) < 4.78 is 5.97. The maximum Gasteiger partial charge on any atom is 0.338 e. The highest BCUT2D eigenvalue weighted by atomic mass is 32.1. The van der Waals surface area contributed by atoms with E-state index in [1.54, 1.807) is 11.3 Å². The molecule has 1 aromatic heterocycles. The van der Waals surface area contributed by atoms with E-state index in [1.165, 1.54) is 12.5 Å². The average molecular weight is 242 g/mol. The molecule has 3 aromatic rings. The van der Waals surface area contributed by atoms with Crippen LogP contribution in [-0.2, 0) is 4.74 Å². The summed E-state index contributed by atoms with van der Waals surface area (Å²) in [6, 6.07) is 12.0. The Morgan fingerprint density at radius 2 is 2.00 bits per heavy atom. The van der Waals surface area contributed by atoms with Gasteiger partial charge in [-0.05, 0) is 28.3 Å². The fourth-order valence-corrected chi connectivity index (χ4v) is 3.03. The van der Waals surface area contributed by atoms with E-state index in [2.05, 4.69) is 6.07 Å². The van der Waals surface area contributed by atoms with Crippen LogP contribution in [0.2, 0.25) is 0 Å². The Hall–Kier alpha value is -1.87. The molecule has 0 aliphatic carbocycles. The first-order chi connectivity index (χ1) is 8.31. The van der Waals surface area contributed by atoms with E-state index >= 15 is 0 Å². The number of benzene rings is 2. The van der Waals surface area contributed by atoms with Crippen molar-refractivity contribution in [3.8, 4) is 0 Å². The quantitative estimate of drug-likeness (QED) is 0.606. The van der Waals surface area contributed by atoms with Gasteiger partial charge in [0.05, 0.1) is 12.7 Å². The van der Waals surface area contributed by atoms with Crippen LogP contribution in [0.1, 0.15) is 10.4 Å². The lowest BCUT2D eigenvalue weighted by Crippen LogP contribution is -2.01. The van der Waals surface area contributed by atoms with E-state index in [-0.39, 0.29) is 5.97 Å². The van der Waals surface area contributed by atoms with Crippen LogP contribution in [0.3, 0.4) is 0 Å². The van der Waals surface area contributed by atoms with Crippen LogP contribution in [0.5, 0.6) is 0 Å². The fraction of sp³-hybridized carbons (Fsp3) is 0.0714. The molecule has 0 unspecified atom stereocenters. The molecule has 3 rings (SSSR count). The van der Waals surface area contributed by atoms with Crippen LogP contribution in [0.25, 0.3) is 20.9 Å². The van der Waals surface area contributed by atoms with E-state index in [1.807, 2.05) is 35.7 Å². The molecule has 17 heavy (non-hydrogen) atoms. The van der Waals surface area contributed by atoms with E-state index < -0.39 is 0 Å². The lowest BCUT2D eigenvalue weighted by molar-refractivity contribution is 0.0603. The van der Waals surface area contributed by atoms with Gasteiger partial charge in [0.15, 0.2) is 0 Å². The Morgan fingerprint density at radius 1 is 1.18 bits per heavy atom. The van der Waals surface area contributed by atoms with E-state index in [9.17, 15) is 4.79 Å². The maximum absolute atomic E-state index is 11.8. The molecule has 0 saturated carbocycles. The number of fused-ring (bicyclic) bond motifs is 3. The first-order valence-corrected chi connectivity index (χ1v) is 6.16. The first-order valence-electron chi connectivity index (χ1n) is 5.28. The van der Waals surface area contributed by atoms with Crippen molar-refractivity contribution in [3.63, 3.8) is 0 Å².